The summed E-state index contributed by atoms with van der Waals surface area (Å²) in [5, 5.41) is 2.08. The Bertz CT molecular complexity index is 356. The summed E-state index contributed by atoms with van der Waals surface area (Å²) in [5.74, 6) is 0. The van der Waals surface area contributed by atoms with Gasteiger partial charge in [0, 0.05) is 11.4 Å². The maximum Gasteiger partial charge on any atom is 0.159 e. The number of rotatable bonds is 1. The summed E-state index contributed by atoms with van der Waals surface area (Å²) in [4.78, 5) is 4.40. The van der Waals surface area contributed by atoms with E-state index in [2.05, 4.69) is 33.2 Å². The van der Waals surface area contributed by atoms with Gasteiger partial charge < -0.3 is 5.73 Å². The lowest BCUT2D eigenvalue weighted by Gasteiger charge is -2.02. The fourth-order valence-corrected chi connectivity index (χ4v) is 2.68. The van der Waals surface area contributed by atoms with Crippen molar-refractivity contribution >= 4 is 32.8 Å². The van der Waals surface area contributed by atoms with E-state index in [-0.39, 0.29) is 6.04 Å². The summed E-state index contributed by atoms with van der Waals surface area (Å²) in [6.45, 7) is 2.11. The fraction of sp³-hybridized carbons (Fsp3) is 0.444. The van der Waals surface area contributed by atoms with Crippen LogP contribution in [0.4, 0.5) is 0 Å². The number of hydrogen-bond donors (Lipinski definition) is 1. The van der Waals surface area contributed by atoms with Gasteiger partial charge >= 0.3 is 0 Å². The molecule has 1 aliphatic rings. The minimum absolute atomic E-state index is 0.246. The Labute approximate surface area is 90.0 Å². The van der Waals surface area contributed by atoms with Crippen LogP contribution in [-0.4, -0.2) is 11.0 Å². The van der Waals surface area contributed by atoms with Crippen LogP contribution in [0.5, 0.6) is 0 Å². The lowest BCUT2D eigenvalue weighted by atomic mass is 10.1. The molecule has 2 rings (SSSR count). The van der Waals surface area contributed by atoms with E-state index in [4.69, 9.17) is 5.73 Å². The normalized spacial score (nSPS) is 22.8. The smallest absolute Gasteiger partial charge is 0.159 e. The van der Waals surface area contributed by atoms with Crippen molar-refractivity contribution in [3.8, 4) is 0 Å². The third-order valence-corrected chi connectivity index (χ3v) is 3.89. The first-order valence-electron chi connectivity index (χ1n) is 4.25. The molecule has 0 aromatic carbocycles. The third-order valence-electron chi connectivity index (χ3n) is 2.52. The Balaban J connectivity index is 2.37. The van der Waals surface area contributed by atoms with Gasteiger partial charge in [-0.25, -0.2) is 4.98 Å². The molecule has 1 heterocycles. The van der Waals surface area contributed by atoms with Crippen molar-refractivity contribution < 1.29 is 0 Å². The predicted octanol–water partition coefficient (Wildman–Crippen LogP) is 2.80. The van der Waals surface area contributed by atoms with E-state index in [1.165, 1.54) is 11.1 Å². The van der Waals surface area contributed by atoms with E-state index in [9.17, 15) is 0 Å². The Morgan fingerprint density at radius 2 is 2.46 bits per heavy atom. The molecule has 0 saturated heterocycles. The van der Waals surface area contributed by atoms with Crippen LogP contribution in [-0.2, 0) is 0 Å². The molecule has 1 aromatic rings. The van der Waals surface area contributed by atoms with Crippen LogP contribution in [0.2, 0.25) is 0 Å². The Kier molecular flexibility index (Phi) is 2.53. The summed E-state index contributed by atoms with van der Waals surface area (Å²) in [5.41, 5.74) is 9.66. The second-order valence-corrected chi connectivity index (χ2v) is 5.43. The van der Waals surface area contributed by atoms with Crippen molar-refractivity contribution in [1.29, 1.82) is 0 Å². The zero-order valence-corrected chi connectivity index (χ0v) is 9.78. The maximum absolute atomic E-state index is 5.92. The summed E-state index contributed by atoms with van der Waals surface area (Å²) in [6.07, 6.45) is 2.14. The Hall–Kier alpha value is -0.190. The van der Waals surface area contributed by atoms with Gasteiger partial charge in [-0.2, -0.15) is 0 Å². The minimum Gasteiger partial charge on any atom is -0.324 e. The average Bonchev–Trinajstić information content (AvgIpc) is 2.62. The van der Waals surface area contributed by atoms with Crippen LogP contribution >= 0.6 is 27.3 Å². The van der Waals surface area contributed by atoms with E-state index >= 15 is 0 Å². The van der Waals surface area contributed by atoms with Crippen molar-refractivity contribution in [2.75, 3.05) is 0 Å². The first-order valence-corrected chi connectivity index (χ1v) is 5.92. The molecule has 2 nitrogen and oxygen atoms in total. The van der Waals surface area contributed by atoms with Gasteiger partial charge in [-0.1, -0.05) is 5.57 Å². The molecule has 4 heteroatoms. The standard InChI is InChI=1S/C9H11BrN2S/c1-5-6(2-3-7(5)11)8-4-13-9(10)12-8/h4,7H,2-3,11H2,1H3. The number of hydrogen-bond acceptors (Lipinski definition) is 3. The zero-order chi connectivity index (χ0) is 9.42. The fourth-order valence-electron chi connectivity index (χ4n) is 1.66. The highest BCUT2D eigenvalue weighted by Gasteiger charge is 2.21. The molecule has 1 atom stereocenters. The van der Waals surface area contributed by atoms with Crippen molar-refractivity contribution in [1.82, 2.24) is 4.98 Å². The number of nitrogens with zero attached hydrogens (tertiary/aromatic N) is 1. The molecule has 1 unspecified atom stereocenters. The molecule has 0 aliphatic heterocycles. The summed E-state index contributed by atoms with van der Waals surface area (Å²) in [6, 6.07) is 0.246. The zero-order valence-electron chi connectivity index (χ0n) is 7.38. The Morgan fingerprint density at radius 3 is 2.92 bits per heavy atom. The van der Waals surface area contributed by atoms with Crippen LogP contribution in [0.15, 0.2) is 14.9 Å². The number of aromatic nitrogens is 1. The van der Waals surface area contributed by atoms with Gasteiger partial charge in [-0.3, -0.25) is 0 Å². The number of allylic oxidation sites excluding steroid dienone is 1. The summed E-state index contributed by atoms with van der Waals surface area (Å²) in [7, 11) is 0. The summed E-state index contributed by atoms with van der Waals surface area (Å²) < 4.78 is 0.947. The van der Waals surface area contributed by atoms with E-state index in [1.54, 1.807) is 11.3 Å². The second kappa shape index (κ2) is 3.52. The quantitative estimate of drug-likeness (QED) is 0.842. The lowest BCUT2D eigenvalue weighted by Crippen LogP contribution is -2.16. The number of thiazole rings is 1. The highest BCUT2D eigenvalue weighted by atomic mass is 79.9. The van der Waals surface area contributed by atoms with E-state index in [0.717, 1.165) is 22.5 Å². The van der Waals surface area contributed by atoms with Crippen LogP contribution in [0.1, 0.15) is 25.5 Å². The summed E-state index contributed by atoms with van der Waals surface area (Å²) >= 11 is 4.99. The van der Waals surface area contributed by atoms with Gasteiger partial charge in [-0.05, 0) is 41.3 Å². The first-order chi connectivity index (χ1) is 6.18. The molecular weight excluding hydrogens is 248 g/mol. The van der Waals surface area contributed by atoms with Gasteiger partial charge in [0.25, 0.3) is 0 Å². The van der Waals surface area contributed by atoms with Gasteiger partial charge in [0.05, 0.1) is 5.69 Å². The monoisotopic (exact) mass is 258 g/mol. The van der Waals surface area contributed by atoms with Gasteiger partial charge in [-0.15, -0.1) is 11.3 Å². The van der Waals surface area contributed by atoms with Crippen LogP contribution in [0, 0.1) is 0 Å². The van der Waals surface area contributed by atoms with E-state index < -0.39 is 0 Å². The SMILES string of the molecule is CC1=C(c2csc(Br)n2)CCC1N. The average molecular weight is 259 g/mol. The number of nitrogens with two attached hydrogens (primary N) is 1. The molecule has 0 spiro atoms. The van der Waals surface area contributed by atoms with Crippen LogP contribution in [0.25, 0.3) is 5.57 Å². The molecule has 2 N–H and O–H groups in total. The van der Waals surface area contributed by atoms with Crippen molar-refractivity contribution in [2.45, 2.75) is 25.8 Å². The molecule has 0 saturated carbocycles. The van der Waals surface area contributed by atoms with Crippen molar-refractivity contribution in [2.24, 2.45) is 5.73 Å². The van der Waals surface area contributed by atoms with Crippen molar-refractivity contribution in [3.05, 3.63) is 20.6 Å². The van der Waals surface area contributed by atoms with Crippen molar-refractivity contribution in [3.63, 3.8) is 0 Å². The molecule has 1 aliphatic carbocycles. The molecule has 0 radical (unpaired) electrons. The second-order valence-electron chi connectivity index (χ2n) is 3.29. The largest absolute Gasteiger partial charge is 0.324 e. The molecule has 0 bridgehead atoms. The van der Waals surface area contributed by atoms with Crippen LogP contribution < -0.4 is 5.73 Å². The topological polar surface area (TPSA) is 38.9 Å². The third kappa shape index (κ3) is 1.71. The maximum atomic E-state index is 5.92. The lowest BCUT2D eigenvalue weighted by molar-refractivity contribution is 0.753. The van der Waals surface area contributed by atoms with E-state index in [1.807, 2.05) is 0 Å². The van der Waals surface area contributed by atoms with Gasteiger partial charge in [0.15, 0.2) is 3.92 Å². The predicted molar refractivity (Wildman–Crippen MR) is 59.6 cm³/mol. The highest BCUT2D eigenvalue weighted by Crippen LogP contribution is 2.34. The highest BCUT2D eigenvalue weighted by molar-refractivity contribution is 9.11. The molecule has 13 heavy (non-hydrogen) atoms. The van der Waals surface area contributed by atoms with Gasteiger partial charge in [0.1, 0.15) is 0 Å². The molecule has 0 amide bonds. The van der Waals surface area contributed by atoms with E-state index in [0.29, 0.717) is 0 Å². The Morgan fingerprint density at radius 1 is 1.69 bits per heavy atom. The van der Waals surface area contributed by atoms with Gasteiger partial charge in [0.2, 0.25) is 0 Å². The molecular formula is C9H11BrN2S. The molecule has 1 aromatic heterocycles. The molecule has 0 fully saturated rings. The number of halogens is 1. The van der Waals surface area contributed by atoms with Crippen LogP contribution in [0.3, 0.4) is 0 Å². The minimum atomic E-state index is 0.246. The molecule has 70 valence electrons. The first kappa shape index (κ1) is 9.37.